The zero-order valence-corrected chi connectivity index (χ0v) is 13.6. The Morgan fingerprint density at radius 1 is 1.08 bits per heavy atom. The Hall–Kier alpha value is -3.16. The smallest absolute Gasteiger partial charge is 0.414 e. The number of amides is 1. The highest BCUT2D eigenvalue weighted by atomic mass is 35.5. The van der Waals surface area contributed by atoms with E-state index in [4.69, 9.17) is 17.0 Å². The fourth-order valence-corrected chi connectivity index (χ4v) is 2.67. The van der Waals surface area contributed by atoms with Crippen molar-refractivity contribution >= 4 is 23.6 Å². The average molecular weight is 377 g/mol. The molecule has 130 valence electrons. The minimum Gasteiger partial charge on any atom is -0.414 e. The highest BCUT2D eigenvalue weighted by molar-refractivity contribution is 6.36. The number of nitrogens with zero attached hydrogens (tertiary/aromatic N) is 2. The number of ether oxygens (including phenoxy) is 1. The third-order valence-electron chi connectivity index (χ3n) is 3.72. The molecule has 0 aliphatic carbocycles. The molecule has 2 aromatic carbocycles. The van der Waals surface area contributed by atoms with Crippen LogP contribution in [-0.4, -0.2) is 12.3 Å². The Kier molecular flexibility index (Phi) is 4.27. The maximum atomic E-state index is 14.0. The van der Waals surface area contributed by atoms with Gasteiger partial charge in [-0.25, -0.2) is 4.79 Å². The first-order valence-electron chi connectivity index (χ1n) is 7.17. The SMILES string of the molecule is N#Cc1ccccc1C#CC1(C(F)(F)F)OC(=O)N(Cl)c2ccccc21. The molecule has 1 aliphatic heterocycles. The van der Waals surface area contributed by atoms with Crippen LogP contribution in [0.5, 0.6) is 0 Å². The number of anilines is 1. The lowest BCUT2D eigenvalue weighted by Crippen LogP contribution is -2.51. The summed E-state index contributed by atoms with van der Waals surface area (Å²) in [4.78, 5) is 11.9. The zero-order valence-electron chi connectivity index (χ0n) is 12.8. The summed E-state index contributed by atoms with van der Waals surface area (Å²) in [6, 6.07) is 13.0. The number of carbonyl (C=O) groups excluding carboxylic acids is 1. The summed E-state index contributed by atoms with van der Waals surface area (Å²) in [5, 5.41) is 9.06. The van der Waals surface area contributed by atoms with E-state index in [1.54, 1.807) is 6.07 Å². The molecule has 3 rings (SSSR count). The van der Waals surface area contributed by atoms with Gasteiger partial charge in [0.1, 0.15) is 6.07 Å². The van der Waals surface area contributed by atoms with Crippen LogP contribution in [0.4, 0.5) is 23.7 Å². The summed E-state index contributed by atoms with van der Waals surface area (Å²) >= 11 is 5.74. The third kappa shape index (κ3) is 2.73. The summed E-state index contributed by atoms with van der Waals surface area (Å²) in [7, 11) is 0. The number of para-hydroxylation sites is 1. The summed E-state index contributed by atoms with van der Waals surface area (Å²) in [6.45, 7) is 0. The summed E-state index contributed by atoms with van der Waals surface area (Å²) in [5.74, 6) is 4.35. The number of fused-ring (bicyclic) bond motifs is 1. The number of rotatable bonds is 0. The van der Waals surface area contributed by atoms with E-state index in [-0.39, 0.29) is 16.8 Å². The van der Waals surface area contributed by atoms with E-state index >= 15 is 0 Å². The van der Waals surface area contributed by atoms with Crippen LogP contribution in [0.25, 0.3) is 0 Å². The highest BCUT2D eigenvalue weighted by Gasteiger charge is 2.63. The van der Waals surface area contributed by atoms with Gasteiger partial charge >= 0.3 is 12.3 Å². The minimum atomic E-state index is -5.04. The molecule has 0 spiro atoms. The van der Waals surface area contributed by atoms with Gasteiger partial charge in [-0.3, -0.25) is 0 Å². The first-order chi connectivity index (χ1) is 12.3. The summed E-state index contributed by atoms with van der Waals surface area (Å²) in [6.07, 6.45) is -6.43. The molecule has 1 atom stereocenters. The second kappa shape index (κ2) is 6.29. The topological polar surface area (TPSA) is 53.3 Å². The monoisotopic (exact) mass is 376 g/mol. The Balaban J connectivity index is 2.26. The predicted molar refractivity (Wildman–Crippen MR) is 87.0 cm³/mol. The van der Waals surface area contributed by atoms with Gasteiger partial charge in [0.15, 0.2) is 0 Å². The van der Waals surface area contributed by atoms with Crippen LogP contribution in [0, 0.1) is 23.2 Å². The number of cyclic esters (lactones) is 1. The van der Waals surface area contributed by atoms with Gasteiger partial charge in [0, 0.05) is 22.9 Å². The molecule has 1 unspecified atom stereocenters. The number of hydrogen-bond acceptors (Lipinski definition) is 3. The van der Waals surface area contributed by atoms with Gasteiger partial charge in [0.2, 0.25) is 0 Å². The van der Waals surface area contributed by atoms with Gasteiger partial charge in [-0.2, -0.15) is 22.9 Å². The van der Waals surface area contributed by atoms with Crippen LogP contribution >= 0.6 is 11.8 Å². The Morgan fingerprint density at radius 3 is 2.35 bits per heavy atom. The molecule has 0 radical (unpaired) electrons. The Labute approximate surface area is 151 Å². The van der Waals surface area contributed by atoms with Gasteiger partial charge in [-0.15, -0.1) is 0 Å². The average Bonchev–Trinajstić information content (AvgIpc) is 2.63. The van der Waals surface area contributed by atoms with Gasteiger partial charge in [-0.1, -0.05) is 36.3 Å². The highest BCUT2D eigenvalue weighted by Crippen LogP contribution is 2.49. The van der Waals surface area contributed by atoms with Crippen LogP contribution < -0.4 is 4.42 Å². The van der Waals surface area contributed by atoms with Crippen molar-refractivity contribution in [2.75, 3.05) is 4.42 Å². The van der Waals surface area contributed by atoms with Crippen molar-refractivity contribution in [1.29, 1.82) is 5.26 Å². The number of hydrogen-bond donors (Lipinski definition) is 0. The molecular weight excluding hydrogens is 369 g/mol. The molecule has 0 fully saturated rings. The second-order valence-corrected chi connectivity index (χ2v) is 5.59. The molecule has 0 saturated heterocycles. The maximum Gasteiger partial charge on any atom is 0.445 e. The van der Waals surface area contributed by atoms with Crippen molar-refractivity contribution in [3.8, 4) is 17.9 Å². The van der Waals surface area contributed by atoms with Crippen molar-refractivity contribution in [3.63, 3.8) is 0 Å². The van der Waals surface area contributed by atoms with Crippen molar-refractivity contribution < 1.29 is 22.7 Å². The lowest BCUT2D eigenvalue weighted by Gasteiger charge is -2.37. The zero-order chi connectivity index (χ0) is 18.9. The largest absolute Gasteiger partial charge is 0.445 e. The van der Waals surface area contributed by atoms with Gasteiger partial charge in [-0.05, 0) is 24.1 Å². The van der Waals surface area contributed by atoms with Crippen molar-refractivity contribution in [3.05, 3.63) is 65.2 Å². The van der Waals surface area contributed by atoms with Crippen LogP contribution in [-0.2, 0) is 10.3 Å². The van der Waals surface area contributed by atoms with E-state index in [1.165, 1.54) is 36.4 Å². The van der Waals surface area contributed by atoms with Gasteiger partial charge in [0.25, 0.3) is 5.60 Å². The van der Waals surface area contributed by atoms with E-state index in [0.29, 0.717) is 4.42 Å². The second-order valence-electron chi connectivity index (χ2n) is 5.25. The standard InChI is InChI=1S/C18H8ClF3N2O2/c19-24-15-8-4-3-7-14(15)17(18(20,21)22,26-16(24)25)10-9-12-5-1-2-6-13(12)11-23/h1-8H. The molecule has 0 aromatic heterocycles. The number of carbonyl (C=O) groups is 1. The van der Waals surface area contributed by atoms with Crippen LogP contribution in [0.1, 0.15) is 16.7 Å². The molecule has 1 aliphatic rings. The summed E-state index contributed by atoms with van der Waals surface area (Å²) < 4.78 is 47.0. The molecule has 1 heterocycles. The molecule has 1 amide bonds. The first-order valence-corrected chi connectivity index (χ1v) is 7.51. The molecule has 2 aromatic rings. The summed E-state index contributed by atoms with van der Waals surface area (Å²) in [5.41, 5.74) is -3.60. The van der Waals surface area contributed by atoms with E-state index in [2.05, 4.69) is 10.7 Å². The molecule has 26 heavy (non-hydrogen) atoms. The first kappa shape index (κ1) is 17.7. The van der Waals surface area contributed by atoms with E-state index in [1.807, 2.05) is 12.0 Å². The number of benzene rings is 2. The van der Waals surface area contributed by atoms with Crippen molar-refractivity contribution in [1.82, 2.24) is 0 Å². The van der Waals surface area contributed by atoms with Crippen molar-refractivity contribution in [2.24, 2.45) is 0 Å². The van der Waals surface area contributed by atoms with E-state index < -0.39 is 23.4 Å². The van der Waals surface area contributed by atoms with Gasteiger partial charge in [0.05, 0.1) is 11.3 Å². The van der Waals surface area contributed by atoms with E-state index in [0.717, 1.165) is 6.07 Å². The number of halogens is 4. The molecular formula is C18H8ClF3N2O2. The molecule has 0 saturated carbocycles. The lowest BCUT2D eigenvalue weighted by molar-refractivity contribution is -0.240. The third-order valence-corrected chi connectivity index (χ3v) is 4.04. The normalized spacial score (nSPS) is 18.9. The van der Waals surface area contributed by atoms with Crippen LogP contribution in [0.3, 0.4) is 0 Å². The predicted octanol–water partition coefficient (Wildman–Crippen LogP) is 4.48. The van der Waals surface area contributed by atoms with Gasteiger partial charge < -0.3 is 4.74 Å². The molecule has 8 heteroatoms. The minimum absolute atomic E-state index is 0.0838. The maximum absolute atomic E-state index is 14.0. The molecule has 0 bridgehead atoms. The van der Waals surface area contributed by atoms with E-state index in [9.17, 15) is 18.0 Å². The quantitative estimate of drug-likeness (QED) is 0.503. The molecule has 4 nitrogen and oxygen atoms in total. The fourth-order valence-electron chi connectivity index (χ4n) is 2.49. The van der Waals surface area contributed by atoms with Crippen LogP contribution in [0.15, 0.2) is 48.5 Å². The Bertz CT molecular complexity index is 988. The molecule has 0 N–H and O–H groups in total. The fraction of sp³-hybridized carbons (Fsp3) is 0.111. The lowest BCUT2D eigenvalue weighted by atomic mass is 9.90. The number of alkyl halides is 3. The number of nitriles is 1. The van der Waals surface area contributed by atoms with Crippen molar-refractivity contribution in [2.45, 2.75) is 11.8 Å². The Morgan fingerprint density at radius 2 is 1.69 bits per heavy atom. The van der Waals surface area contributed by atoms with Crippen LogP contribution in [0.2, 0.25) is 0 Å².